The lowest BCUT2D eigenvalue weighted by Crippen LogP contribution is -2.36. The molecule has 0 saturated heterocycles. The lowest BCUT2D eigenvalue weighted by molar-refractivity contribution is -0.122. The Morgan fingerprint density at radius 1 is 1.22 bits per heavy atom. The van der Waals surface area contributed by atoms with Crippen LogP contribution in [0.15, 0.2) is 27.8 Å². The van der Waals surface area contributed by atoms with E-state index in [4.69, 9.17) is 0 Å². The first kappa shape index (κ1) is 14.0. The van der Waals surface area contributed by atoms with Gasteiger partial charge in [0.05, 0.1) is 12.0 Å². The molecule has 23 heavy (non-hydrogen) atoms. The number of carbonyl (C=O) groups is 1. The smallest absolute Gasteiger partial charge is 0.240 e. The minimum Gasteiger partial charge on any atom is -0.356 e. The van der Waals surface area contributed by atoms with Crippen LogP contribution in [0.5, 0.6) is 0 Å². The number of ketones is 1. The molecule has 8 heteroatoms. The quantitative estimate of drug-likeness (QED) is 0.874. The van der Waals surface area contributed by atoms with Crippen LogP contribution in [0.1, 0.15) is 30.9 Å². The van der Waals surface area contributed by atoms with E-state index in [0.717, 1.165) is 12.1 Å². The van der Waals surface area contributed by atoms with Gasteiger partial charge in [-0.15, -0.1) is 0 Å². The number of hydrogen-bond acceptors (Lipinski definition) is 6. The van der Waals surface area contributed by atoms with Gasteiger partial charge in [0.2, 0.25) is 11.6 Å². The van der Waals surface area contributed by atoms with Crippen LogP contribution in [0.3, 0.4) is 0 Å². The maximum Gasteiger partial charge on any atom is 0.240 e. The van der Waals surface area contributed by atoms with E-state index in [-0.39, 0.29) is 23.0 Å². The van der Waals surface area contributed by atoms with Crippen LogP contribution in [-0.2, 0) is 4.79 Å². The molecule has 1 aliphatic heterocycles. The minimum atomic E-state index is -0.727. The molecule has 2 unspecified atom stereocenters. The Morgan fingerprint density at radius 3 is 2.91 bits per heavy atom. The van der Waals surface area contributed by atoms with Crippen LogP contribution < -0.4 is 5.32 Å². The number of halogens is 2. The highest BCUT2D eigenvalue weighted by atomic mass is 19.1. The average Bonchev–Trinajstić information content (AvgIpc) is 2.87. The fraction of sp³-hybridized carbons (Fsp3) is 0.333. The number of benzene rings is 1. The number of Topliss-reactive ketones (excluding diaryl/α,β-unsaturated/α-hetero) is 1. The highest BCUT2D eigenvalue weighted by Gasteiger charge is 2.40. The van der Waals surface area contributed by atoms with E-state index in [1.807, 2.05) is 0 Å². The molecule has 1 aromatic carbocycles. The fourth-order valence-corrected chi connectivity index (χ4v) is 3.17. The molecule has 2 aliphatic rings. The Balaban J connectivity index is 1.86. The van der Waals surface area contributed by atoms with E-state index in [9.17, 15) is 13.6 Å². The van der Waals surface area contributed by atoms with Crippen LogP contribution in [0.25, 0.3) is 0 Å². The highest BCUT2D eigenvalue weighted by molar-refractivity contribution is 6.09. The second-order valence-electron chi connectivity index (χ2n) is 5.62. The maximum atomic E-state index is 14.3. The molecule has 4 rings (SSSR count). The van der Waals surface area contributed by atoms with Crippen molar-refractivity contribution in [2.45, 2.75) is 25.3 Å². The van der Waals surface area contributed by atoms with Crippen LogP contribution in [0.4, 0.5) is 20.4 Å². The number of nitrogens with one attached hydrogen (secondary N) is 1. The minimum absolute atomic E-state index is 0.0293. The Kier molecular flexibility index (Phi) is 3.17. The van der Waals surface area contributed by atoms with Gasteiger partial charge >= 0.3 is 0 Å². The van der Waals surface area contributed by atoms with E-state index in [2.05, 4.69) is 25.3 Å². The first-order chi connectivity index (χ1) is 11.1. The predicted molar refractivity (Wildman–Crippen MR) is 76.5 cm³/mol. The molecule has 1 aromatic heterocycles. The van der Waals surface area contributed by atoms with Gasteiger partial charge in [-0.1, -0.05) is 6.07 Å². The number of fused-ring (bicyclic) bond motifs is 2. The van der Waals surface area contributed by atoms with Crippen molar-refractivity contribution < 1.29 is 18.2 Å². The number of aromatic nitrogens is 2. The summed E-state index contributed by atoms with van der Waals surface area (Å²) in [5.74, 6) is -1.57. The van der Waals surface area contributed by atoms with Crippen molar-refractivity contribution in [3.05, 3.63) is 35.4 Å². The van der Waals surface area contributed by atoms with Crippen molar-refractivity contribution in [2.75, 3.05) is 5.32 Å². The molecule has 6 nitrogen and oxygen atoms in total. The van der Waals surface area contributed by atoms with E-state index < -0.39 is 23.6 Å². The number of nitrogens with zero attached hydrogens (tertiary/aromatic N) is 3. The zero-order chi connectivity index (χ0) is 16.0. The summed E-state index contributed by atoms with van der Waals surface area (Å²) in [6.07, 6.45) is 1.71. The van der Waals surface area contributed by atoms with Gasteiger partial charge in [0.15, 0.2) is 0 Å². The van der Waals surface area contributed by atoms with Gasteiger partial charge in [-0.05, 0) is 29.2 Å². The van der Waals surface area contributed by atoms with Crippen LogP contribution in [0.2, 0.25) is 0 Å². The summed E-state index contributed by atoms with van der Waals surface area (Å²) >= 11 is 0. The van der Waals surface area contributed by atoms with Gasteiger partial charge in [0.1, 0.15) is 17.4 Å². The summed E-state index contributed by atoms with van der Waals surface area (Å²) < 4.78 is 32.1. The van der Waals surface area contributed by atoms with Gasteiger partial charge < -0.3 is 5.32 Å². The molecule has 0 bridgehead atoms. The molecule has 2 atom stereocenters. The van der Waals surface area contributed by atoms with E-state index in [1.165, 1.54) is 6.07 Å². The zero-order valence-corrected chi connectivity index (χ0v) is 11.9. The second kappa shape index (κ2) is 5.22. The van der Waals surface area contributed by atoms with Gasteiger partial charge in [0.25, 0.3) is 0 Å². The molecule has 1 N–H and O–H groups in total. The number of anilines is 1. The molecule has 0 radical (unpaired) electrons. The maximum absolute atomic E-state index is 14.3. The molecule has 1 aliphatic carbocycles. The first-order valence-electron chi connectivity index (χ1n) is 7.27. The van der Waals surface area contributed by atoms with Crippen molar-refractivity contribution in [2.24, 2.45) is 10.9 Å². The van der Waals surface area contributed by atoms with Crippen LogP contribution >= 0.6 is 0 Å². The van der Waals surface area contributed by atoms with E-state index in [1.54, 1.807) is 0 Å². The number of rotatable bonds is 1. The van der Waals surface area contributed by atoms with E-state index >= 15 is 0 Å². The third-order valence-corrected chi connectivity index (χ3v) is 4.21. The summed E-state index contributed by atoms with van der Waals surface area (Å²) in [4.78, 5) is 16.8. The summed E-state index contributed by atoms with van der Waals surface area (Å²) in [5, 5.41) is 10.4. The zero-order valence-electron chi connectivity index (χ0n) is 11.9. The number of carbonyl (C=O) groups excluding carboxylic acids is 1. The molecule has 0 spiro atoms. The summed E-state index contributed by atoms with van der Waals surface area (Å²) in [7, 11) is 0. The summed E-state index contributed by atoms with van der Waals surface area (Å²) in [6.45, 7) is 0. The molecule has 2 heterocycles. The lowest BCUT2D eigenvalue weighted by atomic mass is 9.78. The third-order valence-electron chi connectivity index (χ3n) is 4.21. The normalized spacial score (nSPS) is 23.4. The largest absolute Gasteiger partial charge is 0.356 e. The average molecular weight is 318 g/mol. The highest BCUT2D eigenvalue weighted by Crippen LogP contribution is 2.39. The van der Waals surface area contributed by atoms with Gasteiger partial charge in [0, 0.05) is 23.8 Å². The predicted octanol–water partition coefficient (Wildman–Crippen LogP) is 2.96. The summed E-state index contributed by atoms with van der Waals surface area (Å²) in [6, 6.07) is 2.57. The fourth-order valence-electron chi connectivity index (χ4n) is 3.17. The van der Waals surface area contributed by atoms with E-state index in [0.29, 0.717) is 25.0 Å². The molecular formula is C15H12F2N4O2. The molecule has 1 fully saturated rings. The lowest BCUT2D eigenvalue weighted by Gasteiger charge is -2.29. The molecule has 2 aromatic rings. The SMILES string of the molecule is O=C1CCCC2=Nc3nonc3NC(c3ccc(F)cc3F)C12. The second-order valence-corrected chi connectivity index (χ2v) is 5.62. The van der Waals surface area contributed by atoms with Crippen molar-refractivity contribution in [3.63, 3.8) is 0 Å². The molecule has 1 saturated carbocycles. The standard InChI is InChI=1S/C15H12F2N4O2/c16-7-4-5-8(9(17)6-7)13-12-10(2-1-3-11(12)22)18-14-15(19-13)21-23-20-14/h4-6,12-13H,1-3H2,(H,19,21). The monoisotopic (exact) mass is 318 g/mol. The van der Waals surface area contributed by atoms with Crippen molar-refractivity contribution in [3.8, 4) is 0 Å². The third kappa shape index (κ3) is 2.30. The Hall–Kier alpha value is -2.64. The number of aliphatic imine (C=N–C) groups is 1. The molecule has 0 amide bonds. The van der Waals surface area contributed by atoms with Gasteiger partial charge in [-0.2, -0.15) is 0 Å². The van der Waals surface area contributed by atoms with Crippen LogP contribution in [-0.4, -0.2) is 21.8 Å². The van der Waals surface area contributed by atoms with Crippen molar-refractivity contribution in [1.82, 2.24) is 10.3 Å². The summed E-state index contributed by atoms with van der Waals surface area (Å²) in [5.41, 5.74) is 0.812. The topological polar surface area (TPSA) is 80.4 Å². The number of hydrogen-bond donors (Lipinski definition) is 1. The Bertz CT molecular complexity index is 818. The Labute approximate surface area is 129 Å². The molecular weight excluding hydrogens is 306 g/mol. The van der Waals surface area contributed by atoms with Crippen molar-refractivity contribution >= 4 is 23.1 Å². The Morgan fingerprint density at radius 2 is 2.09 bits per heavy atom. The van der Waals surface area contributed by atoms with Crippen molar-refractivity contribution in [1.29, 1.82) is 0 Å². The van der Waals surface area contributed by atoms with Gasteiger partial charge in [-0.25, -0.2) is 18.4 Å². The van der Waals surface area contributed by atoms with Gasteiger partial charge in [-0.3, -0.25) is 4.79 Å². The van der Waals surface area contributed by atoms with Crippen LogP contribution in [0, 0.1) is 17.6 Å². The molecule has 118 valence electrons. The first-order valence-corrected chi connectivity index (χ1v) is 7.27.